The second-order valence-electron chi connectivity index (χ2n) is 6.62. The number of benzene rings is 3. The van der Waals surface area contributed by atoms with Gasteiger partial charge in [0, 0.05) is 27.8 Å². The van der Waals surface area contributed by atoms with E-state index in [1.165, 1.54) is 0 Å². The molecule has 0 radical (unpaired) electrons. The fourth-order valence-electron chi connectivity index (χ4n) is 2.69. The first-order valence-corrected chi connectivity index (χ1v) is 10.4. The summed E-state index contributed by atoms with van der Waals surface area (Å²) in [5, 5.41) is 8.63. The maximum absolute atomic E-state index is 12.4. The summed E-state index contributed by atoms with van der Waals surface area (Å²) >= 11 is 8.66. The lowest BCUT2D eigenvalue weighted by molar-refractivity contribution is 0.0948. The predicted molar refractivity (Wildman–Crippen MR) is 127 cm³/mol. The van der Waals surface area contributed by atoms with E-state index in [2.05, 4.69) is 31.9 Å². The molecule has 0 atom stereocenters. The molecule has 3 rings (SSSR count). The normalized spacial score (nSPS) is 10.2. The van der Waals surface area contributed by atoms with Crippen molar-refractivity contribution in [3.05, 3.63) is 99.5 Å². The molecule has 0 aromatic heterocycles. The van der Waals surface area contributed by atoms with Crippen molar-refractivity contribution in [2.24, 2.45) is 0 Å². The summed E-state index contributed by atoms with van der Waals surface area (Å²) in [6.07, 6.45) is 0. The Hall–Kier alpha value is -3.03. The van der Waals surface area contributed by atoms with Crippen molar-refractivity contribution in [2.45, 2.75) is 13.5 Å². The predicted octanol–water partition coefficient (Wildman–Crippen LogP) is 4.81. The van der Waals surface area contributed by atoms with Gasteiger partial charge < -0.3 is 10.6 Å². The number of rotatable bonds is 5. The number of carbonyl (C=O) groups excluding carboxylic acids is 2. The number of halogens is 1. The Bertz CT molecular complexity index is 1090. The topological polar surface area (TPSA) is 70.2 Å². The van der Waals surface area contributed by atoms with E-state index in [9.17, 15) is 9.59 Å². The molecule has 0 saturated carbocycles. The number of anilines is 1. The van der Waals surface area contributed by atoms with Crippen LogP contribution in [0.5, 0.6) is 0 Å². The summed E-state index contributed by atoms with van der Waals surface area (Å²) in [5.41, 5.74) is 3.65. The molecule has 3 aromatic carbocycles. The van der Waals surface area contributed by atoms with Gasteiger partial charge in [0.25, 0.3) is 11.8 Å². The fraction of sp³-hybridized carbons (Fsp3) is 0.0870. The highest BCUT2D eigenvalue weighted by Gasteiger charge is 2.11. The van der Waals surface area contributed by atoms with Crippen LogP contribution >= 0.6 is 28.1 Å². The van der Waals surface area contributed by atoms with Crippen LogP contribution in [0.2, 0.25) is 0 Å². The number of amides is 2. The highest BCUT2D eigenvalue weighted by molar-refractivity contribution is 9.10. The van der Waals surface area contributed by atoms with E-state index in [1.54, 1.807) is 36.4 Å². The molecule has 0 spiro atoms. The van der Waals surface area contributed by atoms with E-state index in [1.807, 2.05) is 43.3 Å². The van der Waals surface area contributed by atoms with Crippen molar-refractivity contribution in [1.29, 1.82) is 0 Å². The zero-order valence-corrected chi connectivity index (χ0v) is 18.6. The highest BCUT2D eigenvalue weighted by atomic mass is 79.9. The van der Waals surface area contributed by atoms with Crippen molar-refractivity contribution < 1.29 is 9.59 Å². The first kappa shape index (κ1) is 21.7. The van der Waals surface area contributed by atoms with Gasteiger partial charge >= 0.3 is 0 Å². The van der Waals surface area contributed by atoms with Crippen LogP contribution in [0.1, 0.15) is 31.8 Å². The van der Waals surface area contributed by atoms with Gasteiger partial charge in [-0.25, -0.2) is 0 Å². The zero-order chi connectivity index (χ0) is 21.5. The Kier molecular flexibility index (Phi) is 7.32. The number of aryl methyl sites for hydroxylation is 1. The summed E-state index contributed by atoms with van der Waals surface area (Å²) in [4.78, 5) is 24.8. The van der Waals surface area contributed by atoms with E-state index in [0.29, 0.717) is 23.4 Å². The minimum atomic E-state index is -0.315. The van der Waals surface area contributed by atoms with Crippen molar-refractivity contribution >= 4 is 50.8 Å². The monoisotopic (exact) mass is 481 g/mol. The van der Waals surface area contributed by atoms with Gasteiger partial charge in [0.15, 0.2) is 5.11 Å². The molecule has 3 aromatic rings. The summed E-state index contributed by atoms with van der Waals surface area (Å²) in [6.45, 7) is 2.39. The molecule has 7 heteroatoms. The van der Waals surface area contributed by atoms with E-state index in [0.717, 1.165) is 15.6 Å². The molecular weight excluding hydrogens is 462 g/mol. The van der Waals surface area contributed by atoms with Crippen LogP contribution in [0.25, 0.3) is 0 Å². The molecule has 0 heterocycles. The first-order chi connectivity index (χ1) is 14.4. The number of carbonyl (C=O) groups is 2. The summed E-state index contributed by atoms with van der Waals surface area (Å²) in [7, 11) is 0. The molecule has 0 aliphatic rings. The fourth-order valence-corrected chi connectivity index (χ4v) is 3.28. The third-order valence-electron chi connectivity index (χ3n) is 4.34. The molecule has 2 amide bonds. The third-order valence-corrected chi connectivity index (χ3v) is 5.40. The van der Waals surface area contributed by atoms with Gasteiger partial charge in [0.1, 0.15) is 0 Å². The number of hydrogen-bond donors (Lipinski definition) is 3. The Labute approximate surface area is 189 Å². The second-order valence-corrected chi connectivity index (χ2v) is 7.88. The van der Waals surface area contributed by atoms with Gasteiger partial charge in [-0.3, -0.25) is 14.9 Å². The van der Waals surface area contributed by atoms with Crippen LogP contribution in [0, 0.1) is 6.92 Å². The van der Waals surface area contributed by atoms with E-state index >= 15 is 0 Å². The number of hydrogen-bond acceptors (Lipinski definition) is 3. The van der Waals surface area contributed by atoms with Gasteiger partial charge in [0.2, 0.25) is 0 Å². The Balaban J connectivity index is 1.58. The Morgan fingerprint density at radius 1 is 0.900 bits per heavy atom. The number of nitrogens with one attached hydrogen (secondary N) is 3. The SMILES string of the molecule is Cc1ccc(C(=O)NC(=S)Nc2cccc(C(=O)NCc3ccccc3)c2)cc1Br. The Morgan fingerprint density at radius 2 is 1.63 bits per heavy atom. The molecule has 30 heavy (non-hydrogen) atoms. The van der Waals surface area contributed by atoms with Crippen LogP contribution in [0.3, 0.4) is 0 Å². The second kappa shape index (κ2) is 10.1. The molecular formula is C23H20BrN3O2S. The molecule has 3 N–H and O–H groups in total. The summed E-state index contributed by atoms with van der Waals surface area (Å²) < 4.78 is 0.850. The lowest BCUT2D eigenvalue weighted by Gasteiger charge is -2.11. The lowest BCUT2D eigenvalue weighted by Crippen LogP contribution is -2.34. The van der Waals surface area contributed by atoms with E-state index in [4.69, 9.17) is 12.2 Å². The average molecular weight is 482 g/mol. The van der Waals surface area contributed by atoms with Gasteiger partial charge in [-0.15, -0.1) is 0 Å². The first-order valence-electron chi connectivity index (χ1n) is 9.23. The van der Waals surface area contributed by atoms with Crippen LogP contribution in [0.15, 0.2) is 77.3 Å². The zero-order valence-electron chi connectivity index (χ0n) is 16.2. The van der Waals surface area contributed by atoms with Crippen molar-refractivity contribution in [2.75, 3.05) is 5.32 Å². The quantitative estimate of drug-likeness (QED) is 0.457. The maximum Gasteiger partial charge on any atom is 0.257 e. The molecule has 152 valence electrons. The smallest absolute Gasteiger partial charge is 0.257 e. The minimum Gasteiger partial charge on any atom is -0.348 e. The minimum absolute atomic E-state index is 0.151. The molecule has 5 nitrogen and oxygen atoms in total. The largest absolute Gasteiger partial charge is 0.348 e. The van der Waals surface area contributed by atoms with Crippen LogP contribution in [0.4, 0.5) is 5.69 Å². The van der Waals surface area contributed by atoms with E-state index in [-0.39, 0.29) is 16.9 Å². The highest BCUT2D eigenvalue weighted by Crippen LogP contribution is 2.17. The Morgan fingerprint density at radius 3 is 2.37 bits per heavy atom. The third kappa shape index (κ3) is 5.98. The molecule has 0 fully saturated rings. The lowest BCUT2D eigenvalue weighted by atomic mass is 10.1. The summed E-state index contributed by atoms with van der Waals surface area (Å²) in [6, 6.07) is 21.9. The molecule has 0 aliphatic carbocycles. The van der Waals surface area contributed by atoms with Crippen molar-refractivity contribution in [1.82, 2.24) is 10.6 Å². The van der Waals surface area contributed by atoms with E-state index < -0.39 is 0 Å². The van der Waals surface area contributed by atoms with Crippen molar-refractivity contribution in [3.63, 3.8) is 0 Å². The van der Waals surface area contributed by atoms with Gasteiger partial charge in [-0.1, -0.05) is 58.4 Å². The molecule has 0 saturated heterocycles. The van der Waals surface area contributed by atoms with Crippen LogP contribution < -0.4 is 16.0 Å². The van der Waals surface area contributed by atoms with Crippen LogP contribution in [-0.2, 0) is 6.54 Å². The van der Waals surface area contributed by atoms with Gasteiger partial charge in [0.05, 0.1) is 0 Å². The van der Waals surface area contributed by atoms with Gasteiger partial charge in [-0.2, -0.15) is 0 Å². The maximum atomic E-state index is 12.4. The van der Waals surface area contributed by atoms with Crippen molar-refractivity contribution in [3.8, 4) is 0 Å². The van der Waals surface area contributed by atoms with Gasteiger partial charge in [-0.05, 0) is 60.6 Å². The molecule has 0 aliphatic heterocycles. The standard InChI is InChI=1S/C23H20BrN3O2S/c1-15-10-11-18(13-20(15)24)22(29)27-23(30)26-19-9-5-8-17(12-19)21(28)25-14-16-6-3-2-4-7-16/h2-13H,14H2,1H3,(H,25,28)(H2,26,27,29,30). The molecule has 0 bridgehead atoms. The van der Waals surface area contributed by atoms with Crippen LogP contribution in [-0.4, -0.2) is 16.9 Å². The molecule has 0 unspecified atom stereocenters. The number of thiocarbonyl (C=S) groups is 1. The summed E-state index contributed by atoms with van der Waals surface area (Å²) in [5.74, 6) is -0.507. The average Bonchev–Trinajstić information content (AvgIpc) is 2.74.